The maximum atomic E-state index is 11.1. The Balaban J connectivity index is 1.64. The molecule has 26 heavy (non-hydrogen) atoms. The van der Waals surface area contributed by atoms with Gasteiger partial charge in [0.05, 0.1) is 16.7 Å². The molecule has 0 spiro atoms. The van der Waals surface area contributed by atoms with Gasteiger partial charge in [0.2, 0.25) is 0 Å². The van der Waals surface area contributed by atoms with Crippen molar-refractivity contribution in [1.82, 2.24) is 10.9 Å². The molecule has 0 radical (unpaired) electrons. The van der Waals surface area contributed by atoms with E-state index in [0.717, 1.165) is 16.8 Å². The van der Waals surface area contributed by atoms with E-state index in [2.05, 4.69) is 10.5 Å². The Morgan fingerprint density at radius 2 is 2.12 bits per heavy atom. The van der Waals surface area contributed by atoms with Gasteiger partial charge in [0.1, 0.15) is 5.75 Å². The van der Waals surface area contributed by atoms with Gasteiger partial charge in [-0.25, -0.2) is 5.84 Å². The molecule has 0 saturated heterocycles. The standard InChI is InChI=1S/C17H17N5O4/c18-19-17(23)10-26-14-6-4-11(5-7-14)15-9-16(21-20-15)12-2-1-3-13(8-12)22(24)25/h1-8,16,21H,9-10,18H2,(H,19,23). The molecule has 0 bridgehead atoms. The van der Waals surface area contributed by atoms with Crippen LogP contribution in [0.3, 0.4) is 0 Å². The number of nitrogens with two attached hydrogens (primary N) is 1. The van der Waals surface area contributed by atoms with E-state index in [4.69, 9.17) is 10.6 Å². The third-order valence-corrected chi connectivity index (χ3v) is 3.95. The summed E-state index contributed by atoms with van der Waals surface area (Å²) < 4.78 is 5.29. The first kappa shape index (κ1) is 17.4. The van der Waals surface area contributed by atoms with Crippen LogP contribution in [0.5, 0.6) is 5.75 Å². The van der Waals surface area contributed by atoms with E-state index in [9.17, 15) is 14.9 Å². The number of carbonyl (C=O) groups excluding carboxylic acids is 1. The van der Waals surface area contributed by atoms with Crippen LogP contribution in [0.1, 0.15) is 23.6 Å². The fraction of sp³-hybridized carbons (Fsp3) is 0.176. The molecular weight excluding hydrogens is 338 g/mol. The number of nitrogens with one attached hydrogen (secondary N) is 2. The molecule has 9 heteroatoms. The quantitative estimate of drug-likeness (QED) is 0.311. The number of amides is 1. The van der Waals surface area contributed by atoms with Gasteiger partial charge in [0, 0.05) is 18.6 Å². The van der Waals surface area contributed by atoms with E-state index in [0.29, 0.717) is 12.2 Å². The predicted octanol–water partition coefficient (Wildman–Crippen LogP) is 1.40. The summed E-state index contributed by atoms with van der Waals surface area (Å²) in [4.78, 5) is 21.6. The molecule has 0 aliphatic carbocycles. The van der Waals surface area contributed by atoms with Gasteiger partial charge < -0.3 is 10.2 Å². The van der Waals surface area contributed by atoms with E-state index >= 15 is 0 Å². The molecule has 4 N–H and O–H groups in total. The van der Waals surface area contributed by atoms with Crippen LogP contribution >= 0.6 is 0 Å². The zero-order valence-corrected chi connectivity index (χ0v) is 13.7. The second kappa shape index (κ2) is 7.62. The summed E-state index contributed by atoms with van der Waals surface area (Å²) in [5, 5.41) is 15.2. The lowest BCUT2D eigenvalue weighted by Gasteiger charge is -2.10. The highest BCUT2D eigenvalue weighted by Gasteiger charge is 2.22. The van der Waals surface area contributed by atoms with Gasteiger partial charge in [-0.2, -0.15) is 5.10 Å². The van der Waals surface area contributed by atoms with Crippen molar-refractivity contribution in [2.24, 2.45) is 10.9 Å². The summed E-state index contributed by atoms with van der Waals surface area (Å²) in [5.41, 5.74) is 7.62. The van der Waals surface area contributed by atoms with Crippen LogP contribution in [0, 0.1) is 10.1 Å². The number of nitrogens with zero attached hydrogens (tertiary/aromatic N) is 2. The Labute approximate surface area is 149 Å². The van der Waals surface area contributed by atoms with E-state index in [1.807, 2.05) is 23.6 Å². The van der Waals surface area contributed by atoms with Crippen molar-refractivity contribution >= 4 is 17.3 Å². The SMILES string of the molecule is NNC(=O)COc1ccc(C2=NNC(c3cccc([N+](=O)[O-])c3)C2)cc1. The first-order valence-corrected chi connectivity index (χ1v) is 7.86. The number of nitro groups is 1. The Morgan fingerprint density at radius 3 is 2.81 bits per heavy atom. The van der Waals surface area contributed by atoms with E-state index in [1.54, 1.807) is 24.3 Å². The van der Waals surface area contributed by atoms with Crippen molar-refractivity contribution in [3.8, 4) is 5.75 Å². The molecule has 0 saturated carbocycles. The van der Waals surface area contributed by atoms with Gasteiger partial charge in [-0.15, -0.1) is 0 Å². The highest BCUT2D eigenvalue weighted by molar-refractivity contribution is 6.01. The Morgan fingerprint density at radius 1 is 1.35 bits per heavy atom. The molecule has 2 aromatic rings. The number of carbonyl (C=O) groups is 1. The number of nitro benzene ring substituents is 1. The fourth-order valence-corrected chi connectivity index (χ4v) is 2.60. The molecule has 1 atom stereocenters. The van der Waals surface area contributed by atoms with Crippen LogP contribution in [-0.2, 0) is 4.79 Å². The molecule has 3 rings (SSSR count). The highest BCUT2D eigenvalue weighted by Crippen LogP contribution is 2.27. The van der Waals surface area contributed by atoms with Crippen LogP contribution in [-0.4, -0.2) is 23.1 Å². The van der Waals surface area contributed by atoms with Gasteiger partial charge in [-0.3, -0.25) is 20.3 Å². The Bertz CT molecular complexity index is 850. The summed E-state index contributed by atoms with van der Waals surface area (Å²) in [5.74, 6) is 5.11. The minimum atomic E-state index is -0.418. The lowest BCUT2D eigenvalue weighted by molar-refractivity contribution is -0.384. The summed E-state index contributed by atoms with van der Waals surface area (Å²) in [6, 6.07) is 13.6. The van der Waals surface area contributed by atoms with Gasteiger partial charge in [-0.1, -0.05) is 12.1 Å². The molecule has 1 aliphatic rings. The van der Waals surface area contributed by atoms with E-state index < -0.39 is 10.8 Å². The monoisotopic (exact) mass is 355 g/mol. The van der Waals surface area contributed by atoms with Crippen LogP contribution in [0.15, 0.2) is 53.6 Å². The smallest absolute Gasteiger partial charge is 0.271 e. The van der Waals surface area contributed by atoms with Crippen molar-refractivity contribution < 1.29 is 14.5 Å². The normalized spacial score (nSPS) is 15.7. The number of hydrogen-bond donors (Lipinski definition) is 3. The van der Waals surface area contributed by atoms with E-state index in [1.165, 1.54) is 6.07 Å². The third kappa shape index (κ3) is 3.95. The summed E-state index contributed by atoms with van der Waals surface area (Å²) in [6.07, 6.45) is 0.608. The molecule has 134 valence electrons. The minimum Gasteiger partial charge on any atom is -0.484 e. The Kier molecular flexibility index (Phi) is 5.09. The zero-order valence-electron chi connectivity index (χ0n) is 13.7. The van der Waals surface area contributed by atoms with Crippen molar-refractivity contribution in [3.05, 3.63) is 69.8 Å². The number of hydrazone groups is 1. The number of hydrazine groups is 1. The molecule has 9 nitrogen and oxygen atoms in total. The van der Waals surface area contributed by atoms with Crippen LogP contribution in [0.2, 0.25) is 0 Å². The van der Waals surface area contributed by atoms with Gasteiger partial charge in [-0.05, 0) is 35.4 Å². The van der Waals surface area contributed by atoms with Gasteiger partial charge >= 0.3 is 0 Å². The molecule has 1 unspecified atom stereocenters. The molecule has 0 aromatic heterocycles. The first-order valence-electron chi connectivity index (χ1n) is 7.86. The lowest BCUT2D eigenvalue weighted by atomic mass is 9.99. The topological polar surface area (TPSA) is 132 Å². The summed E-state index contributed by atoms with van der Waals surface area (Å²) in [7, 11) is 0. The summed E-state index contributed by atoms with van der Waals surface area (Å²) in [6.45, 7) is -0.160. The van der Waals surface area contributed by atoms with Crippen molar-refractivity contribution in [2.75, 3.05) is 6.61 Å². The first-order chi connectivity index (χ1) is 12.6. The number of hydrogen-bond acceptors (Lipinski definition) is 7. The van der Waals surface area contributed by atoms with Crippen LogP contribution < -0.4 is 21.4 Å². The molecular formula is C17H17N5O4. The average molecular weight is 355 g/mol. The summed E-state index contributed by atoms with van der Waals surface area (Å²) >= 11 is 0. The number of non-ortho nitro benzene ring substituents is 1. The second-order valence-corrected chi connectivity index (χ2v) is 5.68. The Hall–Kier alpha value is -3.46. The highest BCUT2D eigenvalue weighted by atomic mass is 16.6. The van der Waals surface area contributed by atoms with Crippen LogP contribution in [0.4, 0.5) is 5.69 Å². The second-order valence-electron chi connectivity index (χ2n) is 5.68. The predicted molar refractivity (Wildman–Crippen MR) is 94.4 cm³/mol. The maximum Gasteiger partial charge on any atom is 0.271 e. The molecule has 0 fully saturated rings. The molecule has 1 heterocycles. The van der Waals surface area contributed by atoms with Crippen molar-refractivity contribution in [3.63, 3.8) is 0 Å². The van der Waals surface area contributed by atoms with E-state index in [-0.39, 0.29) is 18.3 Å². The number of ether oxygens (including phenoxy) is 1. The largest absolute Gasteiger partial charge is 0.484 e. The fourth-order valence-electron chi connectivity index (χ4n) is 2.60. The molecule has 1 aliphatic heterocycles. The number of rotatable bonds is 6. The zero-order chi connectivity index (χ0) is 18.5. The van der Waals surface area contributed by atoms with Crippen molar-refractivity contribution in [2.45, 2.75) is 12.5 Å². The van der Waals surface area contributed by atoms with Gasteiger partial charge in [0.15, 0.2) is 6.61 Å². The average Bonchev–Trinajstić information content (AvgIpc) is 3.16. The van der Waals surface area contributed by atoms with Crippen molar-refractivity contribution in [1.29, 1.82) is 0 Å². The lowest BCUT2D eigenvalue weighted by Crippen LogP contribution is -2.34. The number of benzene rings is 2. The third-order valence-electron chi connectivity index (χ3n) is 3.95. The van der Waals surface area contributed by atoms with Gasteiger partial charge in [0.25, 0.3) is 11.6 Å². The molecule has 2 aromatic carbocycles. The minimum absolute atomic E-state index is 0.0563. The van der Waals surface area contributed by atoms with Crippen LogP contribution in [0.25, 0.3) is 0 Å². The molecule has 1 amide bonds. The maximum absolute atomic E-state index is 11.1.